The summed E-state index contributed by atoms with van der Waals surface area (Å²) in [5.41, 5.74) is 2.18. The SMILES string of the molecule is O=C(O)N1CCC(n2c(=O)[nH]c3ncccc32)CC1[C@H]1c2ncccc2C[C@H](c2cccc(F)c2F)C[C@H]1O. The molecule has 1 aliphatic carbocycles. The summed E-state index contributed by atoms with van der Waals surface area (Å²) < 4.78 is 30.5. The average molecular weight is 536 g/mol. The number of pyridine rings is 2. The third kappa shape index (κ3) is 4.36. The Hall–Kier alpha value is -4.12. The Labute approximate surface area is 221 Å². The largest absolute Gasteiger partial charge is 0.465 e. The number of aliphatic hydroxyl groups is 1. The molecule has 1 aliphatic heterocycles. The molecule has 3 aromatic heterocycles. The molecular weight excluding hydrogens is 508 g/mol. The van der Waals surface area contributed by atoms with Crippen molar-refractivity contribution in [1.82, 2.24) is 24.4 Å². The number of piperidine rings is 1. The van der Waals surface area contributed by atoms with E-state index < -0.39 is 41.7 Å². The number of aromatic amines is 1. The second kappa shape index (κ2) is 9.88. The predicted octanol–water partition coefficient (Wildman–Crippen LogP) is 3.96. The number of aliphatic hydroxyl groups excluding tert-OH is 1. The van der Waals surface area contributed by atoms with Crippen LogP contribution in [0.25, 0.3) is 11.2 Å². The van der Waals surface area contributed by atoms with Crippen LogP contribution in [0.5, 0.6) is 0 Å². The van der Waals surface area contributed by atoms with E-state index in [0.717, 1.165) is 11.6 Å². The molecule has 9 nitrogen and oxygen atoms in total. The number of nitrogens with one attached hydrogen (secondary N) is 1. The number of halogens is 2. The Bertz CT molecular complexity index is 1600. The number of aromatic nitrogens is 4. The van der Waals surface area contributed by atoms with Gasteiger partial charge in [-0.1, -0.05) is 18.2 Å². The summed E-state index contributed by atoms with van der Waals surface area (Å²) in [6.07, 6.45) is 2.00. The van der Waals surface area contributed by atoms with E-state index in [1.807, 2.05) is 6.07 Å². The molecule has 1 saturated heterocycles. The van der Waals surface area contributed by atoms with Crippen LogP contribution in [0.4, 0.5) is 13.6 Å². The third-order valence-electron chi connectivity index (χ3n) is 8.20. The summed E-state index contributed by atoms with van der Waals surface area (Å²) in [5, 5.41) is 21.8. The number of hydrogen-bond donors (Lipinski definition) is 3. The van der Waals surface area contributed by atoms with Crippen molar-refractivity contribution in [3.63, 3.8) is 0 Å². The first-order valence-electron chi connectivity index (χ1n) is 12.9. The summed E-state index contributed by atoms with van der Waals surface area (Å²) in [4.78, 5) is 38.2. The van der Waals surface area contributed by atoms with Crippen molar-refractivity contribution in [3.05, 3.63) is 93.8 Å². The van der Waals surface area contributed by atoms with Gasteiger partial charge in [-0.3, -0.25) is 14.5 Å². The van der Waals surface area contributed by atoms with Crippen LogP contribution in [-0.4, -0.2) is 59.4 Å². The van der Waals surface area contributed by atoms with E-state index in [-0.39, 0.29) is 36.7 Å². The molecule has 1 aromatic carbocycles. The Kier molecular flexibility index (Phi) is 6.38. The molecule has 11 heteroatoms. The van der Waals surface area contributed by atoms with E-state index in [4.69, 9.17) is 0 Å². The maximum atomic E-state index is 14.8. The summed E-state index contributed by atoms with van der Waals surface area (Å²) in [6.45, 7) is 0.150. The number of carbonyl (C=O) groups is 1. The molecule has 39 heavy (non-hydrogen) atoms. The van der Waals surface area contributed by atoms with Gasteiger partial charge in [0, 0.05) is 36.9 Å². The van der Waals surface area contributed by atoms with Crippen LogP contribution in [0.3, 0.4) is 0 Å². The third-order valence-corrected chi connectivity index (χ3v) is 8.20. The van der Waals surface area contributed by atoms with Gasteiger partial charge in [-0.2, -0.15) is 0 Å². The zero-order chi connectivity index (χ0) is 27.3. The van der Waals surface area contributed by atoms with E-state index in [9.17, 15) is 28.6 Å². The van der Waals surface area contributed by atoms with Crippen molar-refractivity contribution in [3.8, 4) is 0 Å². The van der Waals surface area contributed by atoms with Crippen molar-refractivity contribution >= 4 is 17.3 Å². The minimum Gasteiger partial charge on any atom is -0.465 e. The number of likely N-dealkylation sites (tertiary alicyclic amines) is 1. The molecule has 4 heterocycles. The average Bonchev–Trinajstić information content (AvgIpc) is 3.18. The van der Waals surface area contributed by atoms with E-state index in [0.29, 0.717) is 29.7 Å². The highest BCUT2D eigenvalue weighted by Crippen LogP contribution is 2.44. The van der Waals surface area contributed by atoms with Crippen LogP contribution in [0, 0.1) is 11.6 Å². The quantitative estimate of drug-likeness (QED) is 0.341. The highest BCUT2D eigenvalue weighted by atomic mass is 19.2. The molecule has 202 valence electrons. The monoisotopic (exact) mass is 535 g/mol. The lowest BCUT2D eigenvalue weighted by Crippen LogP contribution is -2.52. The predicted molar refractivity (Wildman–Crippen MR) is 138 cm³/mol. The molecule has 2 aliphatic rings. The van der Waals surface area contributed by atoms with Gasteiger partial charge in [0.15, 0.2) is 17.3 Å². The van der Waals surface area contributed by atoms with E-state index in [2.05, 4.69) is 15.0 Å². The molecule has 6 rings (SSSR count). The Balaban J connectivity index is 1.42. The number of hydrogen-bond acceptors (Lipinski definition) is 5. The fourth-order valence-electron chi connectivity index (χ4n) is 6.52. The fourth-order valence-corrected chi connectivity index (χ4v) is 6.52. The van der Waals surface area contributed by atoms with Gasteiger partial charge in [0.05, 0.1) is 17.3 Å². The van der Waals surface area contributed by atoms with Gasteiger partial charge in [-0.25, -0.2) is 23.4 Å². The second-order valence-corrected chi connectivity index (χ2v) is 10.3. The summed E-state index contributed by atoms with van der Waals surface area (Å²) in [7, 11) is 0. The zero-order valence-corrected chi connectivity index (χ0v) is 20.9. The number of fused-ring (bicyclic) bond motifs is 2. The zero-order valence-electron chi connectivity index (χ0n) is 20.9. The van der Waals surface area contributed by atoms with E-state index >= 15 is 0 Å². The van der Waals surface area contributed by atoms with Crippen LogP contribution in [-0.2, 0) is 6.42 Å². The van der Waals surface area contributed by atoms with Crippen LogP contribution < -0.4 is 5.69 Å². The Morgan fingerprint density at radius 3 is 2.67 bits per heavy atom. The van der Waals surface area contributed by atoms with Crippen LogP contribution >= 0.6 is 0 Å². The highest BCUT2D eigenvalue weighted by Gasteiger charge is 2.45. The molecule has 0 radical (unpaired) electrons. The number of H-pyrrole nitrogens is 1. The minimum atomic E-state index is -1.13. The normalized spacial score (nSPS) is 25.3. The first-order chi connectivity index (χ1) is 18.8. The lowest BCUT2D eigenvalue weighted by Gasteiger charge is -2.43. The standard InChI is InChI=1S/C28H27F2N5O4/c29-19-6-1-5-18(24(19)30)16-12-15-4-2-9-31-25(15)23(22(36)13-16)21-14-17(8-11-34(21)28(38)39)35-20-7-3-10-32-26(20)33-27(35)37/h1-7,9-10,16-17,21-23,36H,8,11-14H2,(H,38,39)(H,32,33,37)/t16-,17?,21?,22+,23+/m0/s1. The maximum Gasteiger partial charge on any atom is 0.407 e. The Morgan fingerprint density at radius 1 is 1.05 bits per heavy atom. The van der Waals surface area contributed by atoms with Crippen molar-refractivity contribution in [2.45, 2.75) is 55.7 Å². The molecule has 1 amide bonds. The van der Waals surface area contributed by atoms with Crippen molar-refractivity contribution in [1.29, 1.82) is 0 Å². The van der Waals surface area contributed by atoms with E-state index in [1.54, 1.807) is 35.2 Å². The number of benzene rings is 1. The first-order valence-corrected chi connectivity index (χ1v) is 12.9. The molecule has 0 bridgehead atoms. The van der Waals surface area contributed by atoms with Gasteiger partial charge in [0.1, 0.15) is 0 Å². The summed E-state index contributed by atoms with van der Waals surface area (Å²) in [6, 6.07) is 10.0. The van der Waals surface area contributed by atoms with E-state index in [1.165, 1.54) is 17.0 Å². The smallest absolute Gasteiger partial charge is 0.407 e. The van der Waals surface area contributed by atoms with Crippen molar-refractivity contribution in [2.75, 3.05) is 6.54 Å². The van der Waals surface area contributed by atoms with Crippen LogP contribution in [0.2, 0.25) is 0 Å². The molecule has 0 spiro atoms. The lowest BCUT2D eigenvalue weighted by molar-refractivity contribution is 0.0363. The van der Waals surface area contributed by atoms with Gasteiger partial charge in [0.2, 0.25) is 0 Å². The first kappa shape index (κ1) is 25.2. The lowest BCUT2D eigenvalue weighted by atomic mass is 9.80. The minimum absolute atomic E-state index is 0.0903. The summed E-state index contributed by atoms with van der Waals surface area (Å²) >= 11 is 0. The van der Waals surface area contributed by atoms with Crippen molar-refractivity contribution < 1.29 is 23.8 Å². The molecule has 5 atom stereocenters. The number of amides is 1. The van der Waals surface area contributed by atoms with Crippen LogP contribution in [0.1, 0.15) is 54.0 Å². The Morgan fingerprint density at radius 2 is 1.85 bits per heavy atom. The van der Waals surface area contributed by atoms with Gasteiger partial charge in [-0.05, 0) is 67.0 Å². The number of nitrogens with zero attached hydrogens (tertiary/aromatic N) is 4. The molecule has 4 aromatic rings. The number of imidazole rings is 1. The van der Waals surface area contributed by atoms with Gasteiger partial charge in [-0.15, -0.1) is 0 Å². The van der Waals surface area contributed by atoms with Gasteiger partial charge >= 0.3 is 11.8 Å². The van der Waals surface area contributed by atoms with Crippen LogP contribution in [0.15, 0.2) is 59.7 Å². The van der Waals surface area contributed by atoms with Gasteiger partial charge < -0.3 is 15.1 Å². The molecular formula is C28H27F2N5O4. The molecule has 0 saturated carbocycles. The number of rotatable bonds is 3. The topological polar surface area (TPSA) is 124 Å². The second-order valence-electron chi connectivity index (χ2n) is 10.3. The molecule has 3 N–H and O–H groups in total. The highest BCUT2D eigenvalue weighted by molar-refractivity contribution is 5.70. The maximum absolute atomic E-state index is 14.8. The molecule has 1 fully saturated rings. The fraction of sp³-hybridized carbons (Fsp3) is 0.357. The van der Waals surface area contributed by atoms with Crippen molar-refractivity contribution in [2.24, 2.45) is 0 Å². The molecule has 2 unspecified atom stereocenters. The number of carboxylic acid groups (broad SMARTS) is 1. The summed E-state index contributed by atoms with van der Waals surface area (Å²) in [5.74, 6) is -3.18. The van der Waals surface area contributed by atoms with Gasteiger partial charge in [0.25, 0.3) is 0 Å².